The van der Waals surface area contributed by atoms with Gasteiger partial charge in [-0.1, -0.05) is 13.8 Å². The van der Waals surface area contributed by atoms with Crippen molar-refractivity contribution in [3.8, 4) is 0 Å². The highest BCUT2D eigenvalue weighted by atomic mass is 16.2. The second kappa shape index (κ2) is 7.25. The van der Waals surface area contributed by atoms with Crippen molar-refractivity contribution in [2.45, 2.75) is 46.0 Å². The molecule has 0 spiro atoms. The third-order valence-electron chi connectivity index (χ3n) is 3.73. The van der Waals surface area contributed by atoms with Crippen molar-refractivity contribution in [2.24, 2.45) is 5.92 Å². The minimum atomic E-state index is 0.0468. The van der Waals surface area contributed by atoms with Crippen LogP contribution in [0.5, 0.6) is 0 Å². The summed E-state index contributed by atoms with van der Waals surface area (Å²) in [7, 11) is 0. The topological polar surface area (TPSA) is 49.4 Å². The zero-order valence-corrected chi connectivity index (χ0v) is 12.9. The van der Waals surface area contributed by atoms with E-state index in [2.05, 4.69) is 19.2 Å². The molecule has 1 saturated heterocycles. The molecule has 4 heteroatoms. The van der Waals surface area contributed by atoms with Gasteiger partial charge in [-0.15, -0.1) is 0 Å². The maximum atomic E-state index is 11.9. The van der Waals surface area contributed by atoms with Gasteiger partial charge in [0.1, 0.15) is 0 Å². The van der Waals surface area contributed by atoms with E-state index in [1.54, 1.807) is 0 Å². The molecule has 4 nitrogen and oxygen atoms in total. The lowest BCUT2D eigenvalue weighted by atomic mass is 10.1. The second-order valence-corrected chi connectivity index (χ2v) is 6.03. The number of carbonyl (C=O) groups excluding carboxylic acids is 2. The zero-order chi connectivity index (χ0) is 15.2. The average molecular weight is 288 g/mol. The molecular weight excluding hydrogens is 264 g/mol. The van der Waals surface area contributed by atoms with Crippen LogP contribution in [0.3, 0.4) is 0 Å². The van der Waals surface area contributed by atoms with Crippen LogP contribution in [0.15, 0.2) is 24.3 Å². The maximum absolute atomic E-state index is 11.9. The Labute approximate surface area is 126 Å². The number of hydrogen-bond donors (Lipinski definition) is 1. The normalized spacial score (nSPS) is 15.4. The predicted molar refractivity (Wildman–Crippen MR) is 85.3 cm³/mol. The first-order valence-corrected chi connectivity index (χ1v) is 7.76. The lowest BCUT2D eigenvalue weighted by Gasteiger charge is -2.26. The molecule has 0 bridgehead atoms. The molecule has 0 aromatic heterocycles. The third-order valence-corrected chi connectivity index (χ3v) is 3.73. The quantitative estimate of drug-likeness (QED) is 0.900. The van der Waals surface area contributed by atoms with Crippen LogP contribution < -0.4 is 10.2 Å². The first kappa shape index (κ1) is 15.5. The van der Waals surface area contributed by atoms with E-state index in [9.17, 15) is 9.59 Å². The molecule has 2 rings (SSSR count). The van der Waals surface area contributed by atoms with Crippen LogP contribution in [-0.2, 0) is 9.59 Å². The maximum Gasteiger partial charge on any atom is 0.226 e. The second-order valence-electron chi connectivity index (χ2n) is 6.03. The summed E-state index contributed by atoms with van der Waals surface area (Å²) in [6.45, 7) is 5.01. The Morgan fingerprint density at radius 2 is 1.95 bits per heavy atom. The van der Waals surface area contributed by atoms with Crippen molar-refractivity contribution in [1.29, 1.82) is 0 Å². The molecule has 1 aliphatic rings. The molecule has 21 heavy (non-hydrogen) atoms. The summed E-state index contributed by atoms with van der Waals surface area (Å²) in [5.41, 5.74) is 1.71. The van der Waals surface area contributed by atoms with E-state index in [4.69, 9.17) is 0 Å². The summed E-state index contributed by atoms with van der Waals surface area (Å²) in [4.78, 5) is 25.5. The molecule has 0 unspecified atom stereocenters. The minimum absolute atomic E-state index is 0.0468. The number of amides is 2. The Hall–Kier alpha value is -1.84. The molecule has 1 aromatic carbocycles. The molecule has 1 heterocycles. The van der Waals surface area contributed by atoms with Crippen molar-refractivity contribution >= 4 is 23.2 Å². The summed E-state index contributed by atoms with van der Waals surface area (Å²) < 4.78 is 0. The Kier molecular flexibility index (Phi) is 5.37. The lowest BCUT2D eigenvalue weighted by molar-refractivity contribution is -0.119. The van der Waals surface area contributed by atoms with Gasteiger partial charge < -0.3 is 10.2 Å². The van der Waals surface area contributed by atoms with E-state index in [1.807, 2.05) is 29.2 Å². The Bertz CT molecular complexity index is 494. The first-order valence-electron chi connectivity index (χ1n) is 7.76. The van der Waals surface area contributed by atoms with Gasteiger partial charge in [0.25, 0.3) is 0 Å². The molecule has 2 amide bonds. The van der Waals surface area contributed by atoms with Crippen molar-refractivity contribution in [3.05, 3.63) is 24.3 Å². The molecule has 0 aliphatic carbocycles. The number of nitrogens with zero attached hydrogens (tertiary/aromatic N) is 1. The number of anilines is 2. The van der Waals surface area contributed by atoms with Crippen LogP contribution in [0.1, 0.15) is 46.0 Å². The van der Waals surface area contributed by atoms with E-state index in [1.165, 1.54) is 0 Å². The molecule has 1 fully saturated rings. The van der Waals surface area contributed by atoms with Gasteiger partial charge in [-0.2, -0.15) is 0 Å². The molecule has 0 saturated carbocycles. The summed E-state index contributed by atoms with van der Waals surface area (Å²) >= 11 is 0. The van der Waals surface area contributed by atoms with Gasteiger partial charge in [0.05, 0.1) is 0 Å². The van der Waals surface area contributed by atoms with Gasteiger partial charge in [0.15, 0.2) is 0 Å². The van der Waals surface area contributed by atoms with Crippen LogP contribution in [0.2, 0.25) is 0 Å². The average Bonchev–Trinajstić information content (AvgIpc) is 2.47. The van der Waals surface area contributed by atoms with Crippen LogP contribution >= 0.6 is 0 Å². The fourth-order valence-electron chi connectivity index (χ4n) is 2.45. The lowest BCUT2D eigenvalue weighted by Crippen LogP contribution is -2.35. The standard InChI is InChI=1S/C17H24N2O2/c1-13(2)6-11-16(20)18-14-7-9-15(10-8-14)19-12-4-3-5-17(19)21/h7-10,13H,3-6,11-12H2,1-2H3,(H,18,20). The van der Waals surface area contributed by atoms with Gasteiger partial charge in [0, 0.05) is 30.8 Å². The number of rotatable bonds is 5. The summed E-state index contributed by atoms with van der Waals surface area (Å²) in [6, 6.07) is 7.54. The molecule has 114 valence electrons. The smallest absolute Gasteiger partial charge is 0.226 e. The monoisotopic (exact) mass is 288 g/mol. The van der Waals surface area contributed by atoms with Gasteiger partial charge in [-0.25, -0.2) is 0 Å². The predicted octanol–water partition coefficient (Wildman–Crippen LogP) is 3.58. The number of benzene rings is 1. The molecular formula is C17H24N2O2. The van der Waals surface area contributed by atoms with Gasteiger partial charge >= 0.3 is 0 Å². The zero-order valence-electron chi connectivity index (χ0n) is 12.9. The van der Waals surface area contributed by atoms with Crippen molar-refractivity contribution in [2.75, 3.05) is 16.8 Å². The van der Waals surface area contributed by atoms with Crippen LogP contribution in [0.4, 0.5) is 11.4 Å². The van der Waals surface area contributed by atoms with E-state index < -0.39 is 0 Å². The van der Waals surface area contributed by atoms with E-state index >= 15 is 0 Å². The largest absolute Gasteiger partial charge is 0.326 e. The molecule has 0 atom stereocenters. The highest BCUT2D eigenvalue weighted by Crippen LogP contribution is 2.22. The van der Waals surface area contributed by atoms with E-state index in [-0.39, 0.29) is 11.8 Å². The van der Waals surface area contributed by atoms with Gasteiger partial charge in [0.2, 0.25) is 11.8 Å². The summed E-state index contributed by atoms with van der Waals surface area (Å²) in [5, 5.41) is 2.90. The molecule has 1 aliphatic heterocycles. The Balaban J connectivity index is 1.92. The fraction of sp³-hybridized carbons (Fsp3) is 0.529. The van der Waals surface area contributed by atoms with Crippen LogP contribution in [0, 0.1) is 5.92 Å². The molecule has 1 N–H and O–H groups in total. The first-order chi connectivity index (χ1) is 10.1. The summed E-state index contributed by atoms with van der Waals surface area (Å²) in [5.74, 6) is 0.767. The van der Waals surface area contributed by atoms with Crippen molar-refractivity contribution in [3.63, 3.8) is 0 Å². The SMILES string of the molecule is CC(C)CCC(=O)Nc1ccc(N2CCCCC2=O)cc1. The highest BCUT2D eigenvalue weighted by Gasteiger charge is 2.19. The number of piperidine rings is 1. The van der Waals surface area contributed by atoms with E-state index in [0.29, 0.717) is 18.8 Å². The fourth-order valence-corrected chi connectivity index (χ4v) is 2.45. The van der Waals surface area contributed by atoms with Crippen LogP contribution in [0.25, 0.3) is 0 Å². The number of nitrogens with one attached hydrogen (secondary N) is 1. The summed E-state index contributed by atoms with van der Waals surface area (Å²) in [6.07, 6.45) is 4.11. The molecule has 0 radical (unpaired) electrons. The third kappa shape index (κ3) is 4.59. The van der Waals surface area contributed by atoms with Crippen molar-refractivity contribution in [1.82, 2.24) is 0 Å². The van der Waals surface area contributed by atoms with Gasteiger partial charge in [-0.3, -0.25) is 9.59 Å². The van der Waals surface area contributed by atoms with Crippen molar-refractivity contribution < 1.29 is 9.59 Å². The number of carbonyl (C=O) groups is 2. The minimum Gasteiger partial charge on any atom is -0.326 e. The van der Waals surface area contributed by atoms with Gasteiger partial charge in [-0.05, 0) is 49.4 Å². The van der Waals surface area contributed by atoms with Crippen LogP contribution in [-0.4, -0.2) is 18.4 Å². The molecule has 1 aromatic rings. The van der Waals surface area contributed by atoms with E-state index in [0.717, 1.165) is 37.2 Å². The Morgan fingerprint density at radius 3 is 2.57 bits per heavy atom. The highest BCUT2D eigenvalue weighted by molar-refractivity contribution is 5.95. The number of hydrogen-bond acceptors (Lipinski definition) is 2. The Morgan fingerprint density at radius 1 is 1.24 bits per heavy atom.